The molecule has 0 bridgehead atoms. The fraction of sp³-hybridized carbons (Fsp3) is 0.452. The summed E-state index contributed by atoms with van der Waals surface area (Å²) >= 11 is 0. The summed E-state index contributed by atoms with van der Waals surface area (Å²) in [5.41, 5.74) is 10.2. The van der Waals surface area contributed by atoms with E-state index in [9.17, 15) is 4.79 Å². The molecule has 4 N–H and O–H groups in total. The minimum absolute atomic E-state index is 0.0278. The Labute approximate surface area is 246 Å². The average Bonchev–Trinajstić information content (AvgIpc) is 3.42. The third-order valence-corrected chi connectivity index (χ3v) is 8.30. The average molecular weight is 569 g/mol. The van der Waals surface area contributed by atoms with Crippen molar-refractivity contribution < 1.29 is 4.79 Å². The molecule has 1 saturated heterocycles. The second kappa shape index (κ2) is 12.0. The molecular formula is C31H40N10O. The van der Waals surface area contributed by atoms with Gasteiger partial charge in [-0.15, -0.1) is 0 Å². The number of aromatic nitrogens is 5. The predicted molar refractivity (Wildman–Crippen MR) is 166 cm³/mol. The van der Waals surface area contributed by atoms with Crippen LogP contribution in [0.2, 0.25) is 0 Å². The number of rotatable bonds is 7. The van der Waals surface area contributed by atoms with Gasteiger partial charge in [0.15, 0.2) is 5.65 Å². The third kappa shape index (κ3) is 6.07. The number of pyridine rings is 3. The Morgan fingerprint density at radius 2 is 1.74 bits per heavy atom. The van der Waals surface area contributed by atoms with E-state index in [0.717, 1.165) is 79.8 Å². The van der Waals surface area contributed by atoms with Gasteiger partial charge in [-0.3, -0.25) is 9.78 Å². The lowest BCUT2D eigenvalue weighted by Crippen LogP contribution is -2.47. The van der Waals surface area contributed by atoms with Crippen LogP contribution in [-0.2, 0) is 0 Å². The van der Waals surface area contributed by atoms with Gasteiger partial charge in [0, 0.05) is 79.4 Å². The fourth-order valence-electron chi connectivity index (χ4n) is 5.70. The molecule has 6 rings (SSSR count). The summed E-state index contributed by atoms with van der Waals surface area (Å²) < 4.78 is 1.92. The standard InChI is InChI=1S/C31H40N10O/c1-20(2)41-30-21(18-35-41)5-11-28(38-30)37-29-16-27(36-24-8-6-23(32)7-9-24)25(19-34-29)26-10-4-22(17-33-26)31(42)40-14-12-39(3)13-15-40/h4-5,10-11,16-20,23-24H,6-9,12-15,32H2,1-3H3,(H2,34,36,37,38). The van der Waals surface area contributed by atoms with Crippen molar-refractivity contribution in [1.82, 2.24) is 34.5 Å². The van der Waals surface area contributed by atoms with Crippen LogP contribution in [-0.4, -0.2) is 85.7 Å². The van der Waals surface area contributed by atoms with Crippen LogP contribution in [0.4, 0.5) is 17.3 Å². The van der Waals surface area contributed by atoms with Crippen LogP contribution in [0.25, 0.3) is 22.3 Å². The largest absolute Gasteiger partial charge is 0.382 e. The zero-order chi connectivity index (χ0) is 29.2. The number of piperazine rings is 1. The number of nitrogens with two attached hydrogens (primary N) is 1. The van der Waals surface area contributed by atoms with Crippen molar-refractivity contribution in [1.29, 1.82) is 0 Å². The maximum absolute atomic E-state index is 13.1. The highest BCUT2D eigenvalue weighted by Crippen LogP contribution is 2.32. The van der Waals surface area contributed by atoms with E-state index >= 15 is 0 Å². The van der Waals surface area contributed by atoms with Gasteiger partial charge < -0.3 is 26.2 Å². The van der Waals surface area contributed by atoms with Crippen molar-refractivity contribution in [2.24, 2.45) is 5.73 Å². The number of amides is 1. The van der Waals surface area contributed by atoms with Gasteiger partial charge in [-0.1, -0.05) is 0 Å². The number of carbonyl (C=O) groups is 1. The molecule has 1 amide bonds. The summed E-state index contributed by atoms with van der Waals surface area (Å²) in [4.78, 5) is 31.5. The molecule has 4 aromatic rings. The summed E-state index contributed by atoms with van der Waals surface area (Å²) in [5, 5.41) is 12.6. The van der Waals surface area contributed by atoms with E-state index in [-0.39, 0.29) is 18.0 Å². The van der Waals surface area contributed by atoms with E-state index in [2.05, 4.69) is 41.5 Å². The zero-order valence-electron chi connectivity index (χ0n) is 24.6. The number of hydrogen-bond acceptors (Lipinski definition) is 9. The van der Waals surface area contributed by atoms with Crippen molar-refractivity contribution in [2.75, 3.05) is 43.9 Å². The molecule has 1 saturated carbocycles. The Morgan fingerprint density at radius 1 is 0.952 bits per heavy atom. The Hall–Kier alpha value is -4.09. The van der Waals surface area contributed by atoms with Gasteiger partial charge in [0.2, 0.25) is 0 Å². The first kappa shape index (κ1) is 28.0. The number of nitrogens with zero attached hydrogens (tertiary/aromatic N) is 7. The molecule has 0 radical (unpaired) electrons. The number of fused-ring (bicyclic) bond motifs is 1. The molecule has 11 heteroatoms. The molecule has 1 aliphatic heterocycles. The molecular weight excluding hydrogens is 528 g/mol. The van der Waals surface area contributed by atoms with Crippen LogP contribution in [0.15, 0.2) is 48.9 Å². The molecule has 1 aliphatic carbocycles. The Balaban J connectivity index is 1.26. The lowest BCUT2D eigenvalue weighted by atomic mass is 9.91. The van der Waals surface area contributed by atoms with Gasteiger partial charge >= 0.3 is 0 Å². The van der Waals surface area contributed by atoms with Crippen molar-refractivity contribution in [3.05, 3.63) is 54.5 Å². The summed E-state index contributed by atoms with van der Waals surface area (Å²) in [5.74, 6) is 1.41. The summed E-state index contributed by atoms with van der Waals surface area (Å²) in [7, 11) is 2.08. The Morgan fingerprint density at radius 3 is 2.45 bits per heavy atom. The van der Waals surface area contributed by atoms with Crippen LogP contribution in [0.5, 0.6) is 0 Å². The second-order valence-corrected chi connectivity index (χ2v) is 11.8. The molecule has 2 fully saturated rings. The maximum Gasteiger partial charge on any atom is 0.255 e. The Bertz CT molecular complexity index is 1530. The molecule has 11 nitrogen and oxygen atoms in total. The smallest absolute Gasteiger partial charge is 0.255 e. The second-order valence-electron chi connectivity index (χ2n) is 11.8. The molecule has 0 atom stereocenters. The topological polar surface area (TPSA) is 130 Å². The van der Waals surface area contributed by atoms with E-state index < -0.39 is 0 Å². The fourth-order valence-corrected chi connectivity index (χ4v) is 5.70. The molecule has 0 spiro atoms. The van der Waals surface area contributed by atoms with Crippen molar-refractivity contribution in [3.8, 4) is 11.3 Å². The lowest BCUT2D eigenvalue weighted by Gasteiger charge is -2.32. The highest BCUT2D eigenvalue weighted by atomic mass is 16.2. The summed E-state index contributed by atoms with van der Waals surface area (Å²) in [6.07, 6.45) is 9.37. The van der Waals surface area contributed by atoms with E-state index in [4.69, 9.17) is 20.7 Å². The first-order valence-electron chi connectivity index (χ1n) is 14.9. The van der Waals surface area contributed by atoms with E-state index in [1.54, 1.807) is 6.20 Å². The molecule has 220 valence electrons. The normalized spacial score (nSPS) is 19.8. The number of hydrogen-bond donors (Lipinski definition) is 3. The maximum atomic E-state index is 13.1. The molecule has 4 aromatic heterocycles. The lowest BCUT2D eigenvalue weighted by molar-refractivity contribution is 0.0663. The molecule has 0 aromatic carbocycles. The SMILES string of the molecule is CC(C)n1ncc2ccc(Nc3cc(NC4CCC(N)CC4)c(-c4ccc(C(=O)N5CCN(C)CC5)cn4)cn3)nc21. The van der Waals surface area contributed by atoms with E-state index in [1.807, 2.05) is 52.3 Å². The first-order chi connectivity index (χ1) is 20.3. The molecule has 2 aliphatic rings. The van der Waals surface area contributed by atoms with Gasteiger partial charge in [-0.05, 0) is 70.8 Å². The van der Waals surface area contributed by atoms with E-state index in [0.29, 0.717) is 23.2 Å². The summed E-state index contributed by atoms with van der Waals surface area (Å²) in [6, 6.07) is 10.5. The summed E-state index contributed by atoms with van der Waals surface area (Å²) in [6.45, 7) is 7.41. The van der Waals surface area contributed by atoms with Crippen molar-refractivity contribution in [3.63, 3.8) is 0 Å². The molecule has 42 heavy (non-hydrogen) atoms. The molecule has 5 heterocycles. The first-order valence-corrected chi connectivity index (χ1v) is 14.9. The van der Waals surface area contributed by atoms with Crippen LogP contribution >= 0.6 is 0 Å². The quantitative estimate of drug-likeness (QED) is 0.299. The highest BCUT2D eigenvalue weighted by molar-refractivity contribution is 5.94. The monoisotopic (exact) mass is 568 g/mol. The zero-order valence-corrected chi connectivity index (χ0v) is 24.6. The van der Waals surface area contributed by atoms with Crippen LogP contribution in [0.1, 0.15) is 55.9 Å². The van der Waals surface area contributed by atoms with Gasteiger partial charge in [0.05, 0.1) is 17.5 Å². The van der Waals surface area contributed by atoms with Crippen molar-refractivity contribution in [2.45, 2.75) is 57.7 Å². The van der Waals surface area contributed by atoms with Gasteiger partial charge in [0.1, 0.15) is 11.6 Å². The van der Waals surface area contributed by atoms with Crippen LogP contribution in [0, 0.1) is 0 Å². The molecule has 0 unspecified atom stereocenters. The van der Waals surface area contributed by atoms with Crippen LogP contribution < -0.4 is 16.4 Å². The van der Waals surface area contributed by atoms with Crippen molar-refractivity contribution >= 4 is 34.3 Å². The van der Waals surface area contributed by atoms with Crippen LogP contribution in [0.3, 0.4) is 0 Å². The minimum atomic E-state index is 0.0278. The van der Waals surface area contributed by atoms with Gasteiger partial charge in [-0.2, -0.15) is 5.10 Å². The van der Waals surface area contributed by atoms with Gasteiger partial charge in [-0.25, -0.2) is 14.6 Å². The Kier molecular flexibility index (Phi) is 8.03. The predicted octanol–water partition coefficient (Wildman–Crippen LogP) is 4.28. The number of anilines is 3. The number of likely N-dealkylation sites (N-methyl/N-ethyl adjacent to an activating group) is 1. The number of nitrogens with one attached hydrogen (secondary N) is 2. The third-order valence-electron chi connectivity index (χ3n) is 8.30. The number of carbonyl (C=O) groups excluding carboxylic acids is 1. The van der Waals surface area contributed by atoms with Gasteiger partial charge in [0.25, 0.3) is 5.91 Å². The van der Waals surface area contributed by atoms with E-state index in [1.165, 1.54) is 0 Å². The highest BCUT2D eigenvalue weighted by Gasteiger charge is 2.23. The minimum Gasteiger partial charge on any atom is -0.382 e.